The van der Waals surface area contributed by atoms with E-state index in [4.69, 9.17) is 5.73 Å². The van der Waals surface area contributed by atoms with Crippen molar-refractivity contribution in [1.29, 1.82) is 0 Å². The molecule has 0 aliphatic heterocycles. The van der Waals surface area contributed by atoms with E-state index in [-0.39, 0.29) is 23.7 Å². The maximum absolute atomic E-state index is 11.7. The highest BCUT2D eigenvalue weighted by Crippen LogP contribution is 2.30. The van der Waals surface area contributed by atoms with Crippen molar-refractivity contribution in [1.82, 2.24) is 19.5 Å². The van der Waals surface area contributed by atoms with Crippen molar-refractivity contribution in [2.45, 2.75) is 37.8 Å². The summed E-state index contributed by atoms with van der Waals surface area (Å²) in [6.45, 7) is 0. The number of rotatable bonds is 1. The fraction of sp³-hybridized carbons (Fsp3) is 0.545. The molecular formula is C11H15N5O2. The highest BCUT2D eigenvalue weighted by atomic mass is 16.3. The fourth-order valence-electron chi connectivity index (χ4n) is 2.60. The van der Waals surface area contributed by atoms with Crippen molar-refractivity contribution in [3.05, 3.63) is 16.7 Å². The van der Waals surface area contributed by atoms with Gasteiger partial charge in [0, 0.05) is 6.04 Å². The van der Waals surface area contributed by atoms with Gasteiger partial charge in [0.1, 0.15) is 0 Å². The SMILES string of the molecule is Nc1nc2c(ncn2[C@@H]2CCC[C@@H](O)C2)c(=O)[nH]1. The number of imidazole rings is 1. The zero-order chi connectivity index (χ0) is 12.7. The van der Waals surface area contributed by atoms with Gasteiger partial charge in [0.15, 0.2) is 11.2 Å². The van der Waals surface area contributed by atoms with Crippen LogP contribution in [0.15, 0.2) is 11.1 Å². The summed E-state index contributed by atoms with van der Waals surface area (Å²) in [6, 6.07) is 0.132. The minimum atomic E-state index is -0.326. The topological polar surface area (TPSA) is 110 Å². The van der Waals surface area contributed by atoms with Crippen molar-refractivity contribution in [2.24, 2.45) is 0 Å². The molecule has 2 aromatic heterocycles. The number of nitrogens with two attached hydrogens (primary N) is 1. The molecule has 1 saturated carbocycles. The van der Waals surface area contributed by atoms with Crippen molar-refractivity contribution in [3.8, 4) is 0 Å². The molecule has 2 heterocycles. The summed E-state index contributed by atoms with van der Waals surface area (Å²) in [7, 11) is 0. The highest BCUT2D eigenvalue weighted by molar-refractivity contribution is 5.70. The molecule has 0 unspecified atom stereocenters. The van der Waals surface area contributed by atoms with Gasteiger partial charge in [0.05, 0.1) is 12.4 Å². The number of H-pyrrole nitrogens is 1. The van der Waals surface area contributed by atoms with Crippen LogP contribution in [0, 0.1) is 0 Å². The molecule has 4 N–H and O–H groups in total. The van der Waals surface area contributed by atoms with E-state index in [0.29, 0.717) is 17.6 Å². The normalized spacial score (nSPS) is 24.5. The number of aliphatic hydroxyl groups is 1. The number of nitrogens with zero attached hydrogens (tertiary/aromatic N) is 3. The molecule has 1 fully saturated rings. The van der Waals surface area contributed by atoms with Gasteiger partial charge in [-0.15, -0.1) is 0 Å². The third-order valence-electron chi connectivity index (χ3n) is 3.46. The van der Waals surface area contributed by atoms with Gasteiger partial charge in [0.25, 0.3) is 5.56 Å². The monoisotopic (exact) mass is 249 g/mol. The van der Waals surface area contributed by atoms with E-state index in [9.17, 15) is 9.90 Å². The van der Waals surface area contributed by atoms with E-state index in [1.807, 2.05) is 4.57 Å². The minimum Gasteiger partial charge on any atom is -0.393 e. The van der Waals surface area contributed by atoms with Crippen LogP contribution in [0.3, 0.4) is 0 Å². The zero-order valence-corrected chi connectivity index (χ0v) is 9.83. The van der Waals surface area contributed by atoms with Crippen LogP contribution >= 0.6 is 0 Å². The van der Waals surface area contributed by atoms with Crippen molar-refractivity contribution < 1.29 is 5.11 Å². The van der Waals surface area contributed by atoms with Gasteiger partial charge in [-0.05, 0) is 25.7 Å². The predicted molar refractivity (Wildman–Crippen MR) is 66.1 cm³/mol. The first-order valence-electron chi connectivity index (χ1n) is 6.05. The molecule has 0 radical (unpaired) electrons. The number of nitrogens with one attached hydrogen (secondary N) is 1. The van der Waals surface area contributed by atoms with E-state index in [1.165, 1.54) is 0 Å². The lowest BCUT2D eigenvalue weighted by Crippen LogP contribution is -2.22. The van der Waals surface area contributed by atoms with Gasteiger partial charge >= 0.3 is 0 Å². The second kappa shape index (κ2) is 4.09. The molecule has 0 saturated heterocycles. The smallest absolute Gasteiger partial charge is 0.280 e. The molecule has 7 nitrogen and oxygen atoms in total. The Morgan fingerprint density at radius 1 is 1.50 bits per heavy atom. The van der Waals surface area contributed by atoms with Crippen LogP contribution in [-0.4, -0.2) is 30.7 Å². The van der Waals surface area contributed by atoms with Gasteiger partial charge in [-0.1, -0.05) is 0 Å². The van der Waals surface area contributed by atoms with Crippen molar-refractivity contribution in [3.63, 3.8) is 0 Å². The van der Waals surface area contributed by atoms with Crippen LogP contribution in [0.5, 0.6) is 0 Å². The van der Waals surface area contributed by atoms with E-state index in [2.05, 4.69) is 15.0 Å². The van der Waals surface area contributed by atoms with Crippen molar-refractivity contribution >= 4 is 17.1 Å². The summed E-state index contributed by atoms with van der Waals surface area (Å²) in [5, 5.41) is 9.71. The van der Waals surface area contributed by atoms with Crippen LogP contribution in [0.25, 0.3) is 11.2 Å². The third-order valence-corrected chi connectivity index (χ3v) is 3.46. The molecular weight excluding hydrogens is 234 g/mol. The second-order valence-corrected chi connectivity index (χ2v) is 4.75. The Morgan fingerprint density at radius 2 is 2.33 bits per heavy atom. The molecule has 3 rings (SSSR count). The molecule has 2 aromatic rings. The first-order valence-corrected chi connectivity index (χ1v) is 6.05. The zero-order valence-electron chi connectivity index (χ0n) is 9.83. The molecule has 2 atom stereocenters. The number of hydrogen-bond acceptors (Lipinski definition) is 5. The van der Waals surface area contributed by atoms with E-state index in [0.717, 1.165) is 19.3 Å². The average Bonchev–Trinajstić information content (AvgIpc) is 2.72. The summed E-state index contributed by atoms with van der Waals surface area (Å²) >= 11 is 0. The third kappa shape index (κ3) is 1.76. The maximum atomic E-state index is 11.7. The Bertz CT molecular complexity index is 632. The molecule has 0 amide bonds. The van der Waals surface area contributed by atoms with Gasteiger partial charge in [0.2, 0.25) is 5.95 Å². The Kier molecular flexibility index (Phi) is 2.55. The first kappa shape index (κ1) is 11.2. The summed E-state index contributed by atoms with van der Waals surface area (Å²) in [6.07, 6.45) is 4.73. The molecule has 18 heavy (non-hydrogen) atoms. The number of aliphatic hydroxyl groups excluding tert-OH is 1. The standard InChI is InChI=1S/C11H15N5O2/c12-11-14-9-8(10(18)15-11)13-5-16(9)6-2-1-3-7(17)4-6/h5-7,17H,1-4H2,(H3,12,14,15,18)/t6-,7-/m1/s1. The molecule has 1 aliphatic carbocycles. The number of nitrogen functional groups attached to an aromatic ring is 1. The largest absolute Gasteiger partial charge is 0.393 e. The van der Waals surface area contributed by atoms with Gasteiger partial charge in [-0.3, -0.25) is 9.78 Å². The highest BCUT2D eigenvalue weighted by Gasteiger charge is 2.23. The average molecular weight is 249 g/mol. The lowest BCUT2D eigenvalue weighted by Gasteiger charge is -2.26. The summed E-state index contributed by atoms with van der Waals surface area (Å²) < 4.78 is 1.85. The summed E-state index contributed by atoms with van der Waals surface area (Å²) in [5.41, 5.74) is 6.02. The maximum Gasteiger partial charge on any atom is 0.280 e. The molecule has 0 spiro atoms. The fourth-order valence-corrected chi connectivity index (χ4v) is 2.60. The number of aromatic nitrogens is 4. The molecule has 0 bridgehead atoms. The number of hydrogen-bond donors (Lipinski definition) is 3. The van der Waals surface area contributed by atoms with Gasteiger partial charge in [-0.2, -0.15) is 4.98 Å². The molecule has 96 valence electrons. The van der Waals surface area contributed by atoms with E-state index >= 15 is 0 Å². The first-order chi connectivity index (χ1) is 8.65. The Morgan fingerprint density at radius 3 is 3.11 bits per heavy atom. The quantitative estimate of drug-likeness (QED) is 0.667. The number of fused-ring (bicyclic) bond motifs is 1. The van der Waals surface area contributed by atoms with Crippen molar-refractivity contribution in [2.75, 3.05) is 5.73 Å². The van der Waals surface area contributed by atoms with Crippen LogP contribution < -0.4 is 11.3 Å². The Balaban J connectivity index is 2.09. The van der Waals surface area contributed by atoms with Gasteiger partial charge in [-0.25, -0.2) is 4.98 Å². The number of aromatic amines is 1. The summed E-state index contributed by atoms with van der Waals surface area (Å²) in [5.74, 6) is 0.0885. The van der Waals surface area contributed by atoms with Crippen LogP contribution in [0.2, 0.25) is 0 Å². The van der Waals surface area contributed by atoms with Crippen LogP contribution in [-0.2, 0) is 0 Å². The second-order valence-electron chi connectivity index (χ2n) is 4.75. The Hall–Kier alpha value is -1.89. The lowest BCUT2D eigenvalue weighted by molar-refractivity contribution is 0.105. The van der Waals surface area contributed by atoms with Gasteiger partial charge < -0.3 is 15.4 Å². The van der Waals surface area contributed by atoms with Crippen LogP contribution in [0.4, 0.5) is 5.95 Å². The molecule has 7 heteroatoms. The van der Waals surface area contributed by atoms with E-state index < -0.39 is 0 Å². The van der Waals surface area contributed by atoms with Crippen LogP contribution in [0.1, 0.15) is 31.7 Å². The molecule has 1 aliphatic rings. The van der Waals surface area contributed by atoms with E-state index in [1.54, 1.807) is 6.33 Å². The lowest BCUT2D eigenvalue weighted by atomic mass is 9.93. The minimum absolute atomic E-state index is 0.0885. The molecule has 0 aromatic carbocycles. The number of anilines is 1. The summed E-state index contributed by atoms with van der Waals surface area (Å²) in [4.78, 5) is 22.3. The predicted octanol–water partition coefficient (Wildman–Crippen LogP) is 0.178. The Labute approximate surface area is 103 Å².